The number of aliphatic hydroxyl groups is 2. The van der Waals surface area contributed by atoms with Crippen LogP contribution in [0.3, 0.4) is 0 Å². The summed E-state index contributed by atoms with van der Waals surface area (Å²) in [6, 6.07) is 3.91. The predicted octanol–water partition coefficient (Wildman–Crippen LogP) is 2.04. The van der Waals surface area contributed by atoms with E-state index in [0.29, 0.717) is 5.56 Å². The van der Waals surface area contributed by atoms with E-state index in [1.165, 1.54) is 18.2 Å². The first-order valence-corrected chi connectivity index (χ1v) is 6.30. The first-order chi connectivity index (χ1) is 8.90. The molecular weight excluding hydrogens is 251 g/mol. The van der Waals surface area contributed by atoms with Crippen molar-refractivity contribution in [1.29, 1.82) is 0 Å². The Morgan fingerprint density at radius 1 is 1.16 bits per heavy atom. The number of aliphatic hydroxyl groups excluding tert-OH is 2. The quantitative estimate of drug-likeness (QED) is 0.797. The highest BCUT2D eigenvalue weighted by Crippen LogP contribution is 2.26. The third kappa shape index (κ3) is 5.55. The molecule has 19 heavy (non-hydrogen) atoms. The minimum absolute atomic E-state index is 0.0180. The van der Waals surface area contributed by atoms with Gasteiger partial charge >= 0.3 is 0 Å². The van der Waals surface area contributed by atoms with E-state index in [2.05, 4.69) is 0 Å². The summed E-state index contributed by atoms with van der Waals surface area (Å²) in [6.07, 6.45) is -1.54. The number of benzene rings is 1. The summed E-state index contributed by atoms with van der Waals surface area (Å²) in [5.41, 5.74) is 0.485. The number of ether oxygens (including phenoxy) is 2. The minimum atomic E-state index is -0.799. The van der Waals surface area contributed by atoms with E-state index in [-0.39, 0.29) is 25.1 Å². The van der Waals surface area contributed by atoms with Gasteiger partial charge < -0.3 is 19.7 Å². The largest absolute Gasteiger partial charge is 0.490 e. The summed E-state index contributed by atoms with van der Waals surface area (Å²) < 4.78 is 23.7. The van der Waals surface area contributed by atoms with Gasteiger partial charge in [-0.05, 0) is 32.9 Å². The van der Waals surface area contributed by atoms with Crippen LogP contribution in [-0.4, -0.2) is 35.6 Å². The third-order valence-electron chi connectivity index (χ3n) is 2.48. The number of hydrogen-bond donors (Lipinski definition) is 2. The molecule has 0 aliphatic rings. The Morgan fingerprint density at radius 2 is 1.84 bits per heavy atom. The normalized spacial score (nSPS) is 14.5. The van der Waals surface area contributed by atoms with Crippen molar-refractivity contribution < 1.29 is 24.1 Å². The predicted molar refractivity (Wildman–Crippen MR) is 69.6 cm³/mol. The molecule has 108 valence electrons. The second-order valence-electron chi connectivity index (χ2n) is 4.71. The van der Waals surface area contributed by atoms with Gasteiger partial charge in [0.05, 0.1) is 18.8 Å². The summed E-state index contributed by atoms with van der Waals surface area (Å²) in [4.78, 5) is 0. The van der Waals surface area contributed by atoms with E-state index < -0.39 is 18.0 Å². The molecule has 1 aromatic carbocycles. The van der Waals surface area contributed by atoms with Gasteiger partial charge in [-0.3, -0.25) is 0 Å². The van der Waals surface area contributed by atoms with Crippen LogP contribution in [0, 0.1) is 5.82 Å². The van der Waals surface area contributed by atoms with Crippen LogP contribution < -0.4 is 4.74 Å². The zero-order chi connectivity index (χ0) is 14.4. The van der Waals surface area contributed by atoms with Crippen molar-refractivity contribution in [2.45, 2.75) is 39.1 Å². The maximum absolute atomic E-state index is 13.1. The van der Waals surface area contributed by atoms with Crippen molar-refractivity contribution in [2.75, 3.05) is 13.2 Å². The van der Waals surface area contributed by atoms with Crippen molar-refractivity contribution in [2.24, 2.45) is 0 Å². The Bertz CT molecular complexity index is 393. The highest BCUT2D eigenvalue weighted by atomic mass is 19.1. The van der Waals surface area contributed by atoms with E-state index in [1.54, 1.807) is 6.92 Å². The van der Waals surface area contributed by atoms with Crippen LogP contribution in [0.25, 0.3) is 0 Å². The maximum Gasteiger partial charge on any atom is 0.128 e. The van der Waals surface area contributed by atoms with E-state index in [9.17, 15) is 14.6 Å². The van der Waals surface area contributed by atoms with Crippen LogP contribution in [0.2, 0.25) is 0 Å². The smallest absolute Gasteiger partial charge is 0.128 e. The molecule has 0 saturated carbocycles. The lowest BCUT2D eigenvalue weighted by atomic mass is 10.1. The number of hydrogen-bond acceptors (Lipinski definition) is 4. The molecule has 1 aromatic rings. The van der Waals surface area contributed by atoms with Gasteiger partial charge in [0, 0.05) is 11.6 Å². The molecule has 0 bridgehead atoms. The second kappa shape index (κ2) is 7.43. The average molecular weight is 272 g/mol. The molecule has 0 fully saturated rings. The van der Waals surface area contributed by atoms with Gasteiger partial charge in [0.15, 0.2) is 0 Å². The second-order valence-corrected chi connectivity index (χ2v) is 4.71. The highest BCUT2D eigenvalue weighted by Gasteiger charge is 2.13. The van der Waals surface area contributed by atoms with Crippen LogP contribution in [-0.2, 0) is 4.74 Å². The van der Waals surface area contributed by atoms with Gasteiger partial charge in [0.2, 0.25) is 0 Å². The molecule has 0 aliphatic heterocycles. The first-order valence-electron chi connectivity index (χ1n) is 6.30. The minimum Gasteiger partial charge on any atom is -0.490 e. The van der Waals surface area contributed by atoms with Crippen molar-refractivity contribution in [3.8, 4) is 5.75 Å². The Balaban J connectivity index is 2.59. The maximum atomic E-state index is 13.1. The van der Waals surface area contributed by atoms with Crippen molar-refractivity contribution in [3.05, 3.63) is 29.6 Å². The molecule has 0 saturated heterocycles. The van der Waals surface area contributed by atoms with Crippen molar-refractivity contribution in [3.63, 3.8) is 0 Å². The Morgan fingerprint density at radius 3 is 2.42 bits per heavy atom. The summed E-state index contributed by atoms with van der Waals surface area (Å²) in [6.45, 7) is 5.43. The van der Waals surface area contributed by atoms with Crippen LogP contribution in [0.4, 0.5) is 4.39 Å². The molecule has 0 amide bonds. The lowest BCUT2D eigenvalue weighted by Crippen LogP contribution is -2.25. The fraction of sp³-hybridized carbons (Fsp3) is 0.571. The van der Waals surface area contributed by atoms with E-state index in [4.69, 9.17) is 9.47 Å². The zero-order valence-corrected chi connectivity index (χ0v) is 11.5. The van der Waals surface area contributed by atoms with E-state index in [1.807, 2.05) is 13.8 Å². The molecule has 2 atom stereocenters. The van der Waals surface area contributed by atoms with Gasteiger partial charge in [0.25, 0.3) is 0 Å². The molecule has 0 aromatic heterocycles. The molecular formula is C14H21FO4. The molecule has 4 nitrogen and oxygen atoms in total. The van der Waals surface area contributed by atoms with Gasteiger partial charge in [-0.15, -0.1) is 0 Å². The Labute approximate surface area is 112 Å². The van der Waals surface area contributed by atoms with Crippen LogP contribution >= 0.6 is 0 Å². The summed E-state index contributed by atoms with van der Waals surface area (Å²) in [5.74, 6) is -0.217. The lowest BCUT2D eigenvalue weighted by Gasteiger charge is -2.17. The summed E-state index contributed by atoms with van der Waals surface area (Å²) in [5, 5.41) is 19.2. The molecule has 1 rings (SSSR count). The molecule has 2 N–H and O–H groups in total. The van der Waals surface area contributed by atoms with Crippen molar-refractivity contribution in [1.82, 2.24) is 0 Å². The SMILES string of the molecule is CC(C)OCC(O)COc1cc(F)ccc1[C@@H](C)O. The molecule has 1 unspecified atom stereocenters. The summed E-state index contributed by atoms with van der Waals surface area (Å²) in [7, 11) is 0. The number of halogens is 1. The summed E-state index contributed by atoms with van der Waals surface area (Å²) >= 11 is 0. The van der Waals surface area contributed by atoms with Crippen LogP contribution in [0.1, 0.15) is 32.4 Å². The Kier molecular flexibility index (Phi) is 6.21. The van der Waals surface area contributed by atoms with Crippen LogP contribution in [0.15, 0.2) is 18.2 Å². The standard InChI is InChI=1S/C14H21FO4/c1-9(2)18-7-12(17)8-19-14-6-11(15)4-5-13(14)10(3)16/h4-6,9-10,12,16-17H,7-8H2,1-3H3/t10-,12?/m1/s1. The average Bonchev–Trinajstić information content (AvgIpc) is 2.33. The monoisotopic (exact) mass is 272 g/mol. The molecule has 0 aliphatic carbocycles. The van der Waals surface area contributed by atoms with E-state index >= 15 is 0 Å². The topological polar surface area (TPSA) is 58.9 Å². The van der Waals surface area contributed by atoms with E-state index in [0.717, 1.165) is 0 Å². The fourth-order valence-electron chi connectivity index (χ4n) is 1.52. The van der Waals surface area contributed by atoms with Crippen molar-refractivity contribution >= 4 is 0 Å². The third-order valence-corrected chi connectivity index (χ3v) is 2.48. The fourth-order valence-corrected chi connectivity index (χ4v) is 1.52. The van der Waals surface area contributed by atoms with Crippen LogP contribution in [0.5, 0.6) is 5.75 Å². The molecule has 0 heterocycles. The Hall–Kier alpha value is -1.17. The molecule has 0 radical (unpaired) electrons. The lowest BCUT2D eigenvalue weighted by molar-refractivity contribution is -0.0127. The number of rotatable bonds is 7. The van der Waals surface area contributed by atoms with Gasteiger partial charge in [-0.1, -0.05) is 0 Å². The molecule has 5 heteroatoms. The van der Waals surface area contributed by atoms with Gasteiger partial charge in [-0.25, -0.2) is 4.39 Å². The van der Waals surface area contributed by atoms with Gasteiger partial charge in [-0.2, -0.15) is 0 Å². The van der Waals surface area contributed by atoms with Gasteiger partial charge in [0.1, 0.15) is 24.3 Å². The highest BCUT2D eigenvalue weighted by molar-refractivity contribution is 5.35. The first kappa shape index (κ1) is 15.9. The zero-order valence-electron chi connectivity index (χ0n) is 11.5. The molecule has 0 spiro atoms.